The molecule has 0 spiro atoms. The summed E-state index contributed by atoms with van der Waals surface area (Å²) in [6.45, 7) is 3.69. The van der Waals surface area contributed by atoms with Crippen molar-refractivity contribution in [1.29, 1.82) is 5.26 Å². The highest BCUT2D eigenvalue weighted by Gasteiger charge is 2.20. The number of esters is 1. The highest BCUT2D eigenvalue weighted by Crippen LogP contribution is 2.17. The van der Waals surface area contributed by atoms with Crippen LogP contribution in [-0.4, -0.2) is 36.5 Å². The maximum Gasteiger partial charge on any atom is 0.331 e. The van der Waals surface area contributed by atoms with Crippen molar-refractivity contribution in [2.45, 2.75) is 26.4 Å². The van der Waals surface area contributed by atoms with Crippen LogP contribution in [0.4, 0.5) is 0 Å². The molecule has 0 aromatic heterocycles. The maximum absolute atomic E-state index is 11.9. The molecule has 23 heavy (non-hydrogen) atoms. The number of aryl methyl sites for hydroxylation is 1. The summed E-state index contributed by atoms with van der Waals surface area (Å²) in [5.41, 5.74) is 1.72. The summed E-state index contributed by atoms with van der Waals surface area (Å²) >= 11 is 6.01. The molecule has 0 radical (unpaired) electrons. The number of ether oxygens (including phenoxy) is 1. The van der Waals surface area contributed by atoms with Crippen molar-refractivity contribution in [3.63, 3.8) is 0 Å². The van der Waals surface area contributed by atoms with Crippen LogP contribution in [0, 0.1) is 18.3 Å². The minimum atomic E-state index is -0.905. The summed E-state index contributed by atoms with van der Waals surface area (Å²) in [5.74, 6) is -0.961. The van der Waals surface area contributed by atoms with E-state index in [0.717, 1.165) is 11.1 Å². The van der Waals surface area contributed by atoms with Gasteiger partial charge in [0.25, 0.3) is 5.91 Å². The van der Waals surface area contributed by atoms with Crippen LogP contribution in [0.1, 0.15) is 24.5 Å². The van der Waals surface area contributed by atoms with Crippen molar-refractivity contribution in [3.05, 3.63) is 40.4 Å². The monoisotopic (exact) mass is 334 g/mol. The molecule has 5 nitrogen and oxygen atoms in total. The number of amides is 1. The molecule has 0 saturated heterocycles. The molecule has 0 saturated carbocycles. The van der Waals surface area contributed by atoms with Gasteiger partial charge in [-0.25, -0.2) is 4.79 Å². The molecule has 0 fully saturated rings. The number of rotatable bonds is 6. The third-order valence-electron chi connectivity index (χ3n) is 3.18. The minimum absolute atomic E-state index is 0.233. The molecule has 0 N–H and O–H groups in total. The summed E-state index contributed by atoms with van der Waals surface area (Å²) in [6.07, 6.45) is 2.15. The van der Waals surface area contributed by atoms with Crippen molar-refractivity contribution < 1.29 is 14.3 Å². The molecule has 1 rings (SSSR count). The number of carbonyl (C=O) groups is 2. The van der Waals surface area contributed by atoms with E-state index in [1.165, 1.54) is 17.9 Å². The molecular weight excluding hydrogens is 316 g/mol. The molecule has 1 aromatic carbocycles. The molecule has 0 unspecified atom stereocenters. The normalized spacial score (nSPS) is 11.8. The van der Waals surface area contributed by atoms with E-state index >= 15 is 0 Å². The fourth-order valence-corrected chi connectivity index (χ4v) is 1.97. The van der Waals surface area contributed by atoms with Gasteiger partial charge in [0, 0.05) is 24.7 Å². The molecule has 0 aliphatic rings. The average molecular weight is 335 g/mol. The fourth-order valence-electron chi connectivity index (χ4n) is 1.78. The standard InChI is InChI=1S/C17H19ClN2O3/c1-12-5-6-14(11-15(12)18)7-8-16(21)23-13(2)17(22)20(3)10-4-9-19/h5-8,11,13H,4,10H2,1-3H3/b8-7+/t13-/m0/s1. The van der Waals surface area contributed by atoms with Gasteiger partial charge in [-0.2, -0.15) is 5.26 Å². The lowest BCUT2D eigenvalue weighted by Crippen LogP contribution is -2.37. The Morgan fingerprint density at radius 3 is 2.78 bits per heavy atom. The van der Waals surface area contributed by atoms with Crippen LogP contribution in [0.5, 0.6) is 0 Å². The predicted octanol–water partition coefficient (Wildman–Crippen LogP) is 2.97. The van der Waals surface area contributed by atoms with Gasteiger partial charge >= 0.3 is 5.97 Å². The first-order chi connectivity index (χ1) is 10.8. The summed E-state index contributed by atoms with van der Waals surface area (Å²) in [5, 5.41) is 9.12. The largest absolute Gasteiger partial charge is 0.449 e. The van der Waals surface area contributed by atoms with E-state index in [1.807, 2.05) is 25.1 Å². The highest BCUT2D eigenvalue weighted by atomic mass is 35.5. The molecule has 0 bridgehead atoms. The van der Waals surface area contributed by atoms with Crippen molar-refractivity contribution in [2.24, 2.45) is 0 Å². The summed E-state index contributed by atoms with van der Waals surface area (Å²) in [6, 6.07) is 7.38. The quantitative estimate of drug-likeness (QED) is 0.592. The number of nitriles is 1. The number of carbonyl (C=O) groups excluding carboxylic acids is 2. The molecule has 1 amide bonds. The Hall–Kier alpha value is -2.32. The number of hydrogen-bond acceptors (Lipinski definition) is 4. The SMILES string of the molecule is Cc1ccc(/C=C/C(=O)O[C@@H](C)C(=O)N(C)CCC#N)cc1Cl. The van der Waals surface area contributed by atoms with E-state index in [9.17, 15) is 9.59 Å². The van der Waals surface area contributed by atoms with Crippen molar-refractivity contribution in [2.75, 3.05) is 13.6 Å². The molecule has 122 valence electrons. The van der Waals surface area contributed by atoms with Gasteiger partial charge in [-0.05, 0) is 37.1 Å². The predicted molar refractivity (Wildman–Crippen MR) is 88.6 cm³/mol. The number of halogens is 1. The van der Waals surface area contributed by atoms with Crippen LogP contribution < -0.4 is 0 Å². The minimum Gasteiger partial charge on any atom is -0.449 e. The first-order valence-electron chi connectivity index (χ1n) is 7.12. The van der Waals surface area contributed by atoms with Crippen molar-refractivity contribution >= 4 is 29.6 Å². The van der Waals surface area contributed by atoms with Crippen LogP contribution in [0.2, 0.25) is 5.02 Å². The second-order valence-electron chi connectivity index (χ2n) is 5.09. The Kier molecular flexibility index (Phi) is 7.30. The lowest BCUT2D eigenvalue weighted by atomic mass is 10.1. The van der Waals surface area contributed by atoms with Crippen molar-refractivity contribution in [3.8, 4) is 6.07 Å². The van der Waals surface area contributed by atoms with Gasteiger partial charge in [0.15, 0.2) is 6.10 Å². The van der Waals surface area contributed by atoms with Crippen LogP contribution in [0.25, 0.3) is 6.08 Å². The molecule has 0 heterocycles. The van der Waals surface area contributed by atoms with Crippen molar-refractivity contribution in [1.82, 2.24) is 4.90 Å². The topological polar surface area (TPSA) is 70.4 Å². The zero-order valence-corrected chi connectivity index (χ0v) is 14.1. The van der Waals surface area contributed by atoms with Gasteiger partial charge in [0.1, 0.15) is 0 Å². The number of likely N-dealkylation sites (N-methyl/N-ethyl adjacent to an activating group) is 1. The van der Waals surface area contributed by atoms with Crippen LogP contribution in [0.3, 0.4) is 0 Å². The first-order valence-corrected chi connectivity index (χ1v) is 7.49. The zero-order valence-electron chi connectivity index (χ0n) is 13.4. The fraction of sp³-hybridized carbons (Fsp3) is 0.353. The molecular formula is C17H19ClN2O3. The zero-order chi connectivity index (χ0) is 17.4. The third kappa shape index (κ3) is 6.13. The number of benzene rings is 1. The second-order valence-corrected chi connectivity index (χ2v) is 5.50. The van der Waals surface area contributed by atoms with Gasteiger partial charge in [-0.3, -0.25) is 4.79 Å². The van der Waals surface area contributed by atoms with Gasteiger partial charge in [-0.1, -0.05) is 23.7 Å². The van der Waals surface area contributed by atoms with E-state index in [1.54, 1.807) is 19.2 Å². The number of hydrogen-bond donors (Lipinski definition) is 0. The summed E-state index contributed by atoms with van der Waals surface area (Å²) in [7, 11) is 1.56. The van der Waals surface area contributed by atoms with E-state index in [4.69, 9.17) is 21.6 Å². The van der Waals surface area contributed by atoms with Crippen LogP contribution >= 0.6 is 11.6 Å². The highest BCUT2D eigenvalue weighted by molar-refractivity contribution is 6.31. The van der Waals surface area contributed by atoms with E-state index in [2.05, 4.69) is 0 Å². The summed E-state index contributed by atoms with van der Waals surface area (Å²) in [4.78, 5) is 25.1. The lowest BCUT2D eigenvalue weighted by Gasteiger charge is -2.19. The maximum atomic E-state index is 11.9. The third-order valence-corrected chi connectivity index (χ3v) is 3.59. The molecule has 1 atom stereocenters. The lowest BCUT2D eigenvalue weighted by molar-refractivity contribution is -0.154. The van der Waals surface area contributed by atoms with Gasteiger partial charge in [-0.15, -0.1) is 0 Å². The molecule has 0 aliphatic heterocycles. The van der Waals surface area contributed by atoms with Crippen LogP contribution in [0.15, 0.2) is 24.3 Å². The number of nitrogens with zero attached hydrogens (tertiary/aromatic N) is 2. The molecule has 1 aromatic rings. The Balaban J connectivity index is 2.58. The second kappa shape index (κ2) is 8.96. The summed E-state index contributed by atoms with van der Waals surface area (Å²) < 4.78 is 5.06. The average Bonchev–Trinajstić information content (AvgIpc) is 2.52. The Bertz CT molecular complexity index is 650. The van der Waals surface area contributed by atoms with Crippen LogP contribution in [-0.2, 0) is 14.3 Å². The van der Waals surface area contributed by atoms with Gasteiger partial charge < -0.3 is 9.64 Å². The van der Waals surface area contributed by atoms with E-state index in [-0.39, 0.29) is 12.3 Å². The molecule has 6 heteroatoms. The smallest absolute Gasteiger partial charge is 0.331 e. The van der Waals surface area contributed by atoms with Gasteiger partial charge in [0.2, 0.25) is 0 Å². The molecule has 0 aliphatic carbocycles. The Labute approximate surface area is 141 Å². The van der Waals surface area contributed by atoms with E-state index < -0.39 is 12.1 Å². The van der Waals surface area contributed by atoms with E-state index in [0.29, 0.717) is 11.6 Å². The Morgan fingerprint density at radius 1 is 1.48 bits per heavy atom. The Morgan fingerprint density at radius 2 is 2.17 bits per heavy atom. The first kappa shape index (κ1) is 18.7. The van der Waals surface area contributed by atoms with Gasteiger partial charge in [0.05, 0.1) is 12.5 Å².